The third-order valence-electron chi connectivity index (χ3n) is 4.67. The highest BCUT2D eigenvalue weighted by molar-refractivity contribution is 7.92. The number of hydrogen-bond donors (Lipinski definition) is 2. The number of carbonyl (C=O) groups excluding carboxylic acids is 1. The van der Waals surface area contributed by atoms with Crippen LogP contribution in [0.5, 0.6) is 5.75 Å². The molecule has 0 heterocycles. The molecule has 29 heavy (non-hydrogen) atoms. The van der Waals surface area contributed by atoms with Crippen molar-refractivity contribution >= 4 is 21.6 Å². The molecule has 1 aliphatic rings. The summed E-state index contributed by atoms with van der Waals surface area (Å²) in [5, 5.41) is 1.96. The summed E-state index contributed by atoms with van der Waals surface area (Å²) >= 11 is 0. The van der Waals surface area contributed by atoms with Gasteiger partial charge in [0, 0.05) is 17.3 Å². The lowest BCUT2D eigenvalue weighted by Gasteiger charge is -2.28. The van der Waals surface area contributed by atoms with Crippen LogP contribution in [0.3, 0.4) is 0 Å². The lowest BCUT2D eigenvalue weighted by molar-refractivity contribution is -0.174. The lowest BCUT2D eigenvalue weighted by Crippen LogP contribution is -2.45. The number of para-hydroxylation sites is 1. The minimum atomic E-state index is -4.98. The molecule has 0 bridgehead atoms. The summed E-state index contributed by atoms with van der Waals surface area (Å²) in [6.07, 6.45) is -4.58. The fraction of sp³-hybridized carbons (Fsp3) is 0.316. The molecule has 156 valence electrons. The second-order valence-electron chi connectivity index (χ2n) is 6.61. The minimum Gasteiger partial charge on any atom is -0.496 e. The van der Waals surface area contributed by atoms with Crippen LogP contribution in [0.15, 0.2) is 47.4 Å². The predicted octanol–water partition coefficient (Wildman–Crippen LogP) is 3.03. The number of nitrogens with one attached hydrogen (secondary N) is 2. The van der Waals surface area contributed by atoms with Crippen molar-refractivity contribution in [2.24, 2.45) is 0 Å². The number of halogens is 3. The number of alkyl halides is 3. The Labute approximate surface area is 166 Å². The van der Waals surface area contributed by atoms with Gasteiger partial charge in [0.15, 0.2) is 0 Å². The van der Waals surface area contributed by atoms with Gasteiger partial charge in [-0.05, 0) is 49.1 Å². The molecular formula is C19H19F3N2O4S. The van der Waals surface area contributed by atoms with E-state index >= 15 is 0 Å². The maximum atomic E-state index is 12.9. The van der Waals surface area contributed by atoms with Gasteiger partial charge in [-0.1, -0.05) is 18.2 Å². The van der Waals surface area contributed by atoms with Gasteiger partial charge in [-0.2, -0.15) is 13.2 Å². The highest BCUT2D eigenvalue weighted by Gasteiger charge is 2.40. The molecule has 0 spiro atoms. The first-order chi connectivity index (χ1) is 13.6. The van der Waals surface area contributed by atoms with Crippen molar-refractivity contribution in [2.75, 3.05) is 11.8 Å². The molecule has 0 aromatic heterocycles. The van der Waals surface area contributed by atoms with Crippen molar-refractivity contribution in [1.29, 1.82) is 0 Å². The van der Waals surface area contributed by atoms with E-state index in [0.29, 0.717) is 22.6 Å². The average Bonchev–Trinajstić information content (AvgIpc) is 2.66. The smallest absolute Gasteiger partial charge is 0.471 e. The molecule has 0 radical (unpaired) electrons. The molecular weight excluding hydrogens is 409 g/mol. The Kier molecular flexibility index (Phi) is 5.74. The van der Waals surface area contributed by atoms with E-state index in [1.54, 1.807) is 30.3 Å². The number of methoxy groups -OCH3 is 1. The molecule has 6 nitrogen and oxygen atoms in total. The van der Waals surface area contributed by atoms with Gasteiger partial charge in [-0.15, -0.1) is 0 Å². The van der Waals surface area contributed by atoms with Crippen LogP contribution in [0.25, 0.3) is 0 Å². The largest absolute Gasteiger partial charge is 0.496 e. The number of hydrogen-bond acceptors (Lipinski definition) is 4. The van der Waals surface area contributed by atoms with Crippen molar-refractivity contribution in [3.8, 4) is 5.75 Å². The highest BCUT2D eigenvalue weighted by Crippen LogP contribution is 2.35. The molecule has 0 saturated heterocycles. The summed E-state index contributed by atoms with van der Waals surface area (Å²) in [7, 11) is -2.52. The zero-order valence-corrected chi connectivity index (χ0v) is 16.2. The van der Waals surface area contributed by atoms with E-state index in [0.717, 1.165) is 0 Å². The van der Waals surface area contributed by atoms with Crippen LogP contribution in [0, 0.1) is 0 Å². The van der Waals surface area contributed by atoms with Crippen LogP contribution in [0.2, 0.25) is 0 Å². The second kappa shape index (κ2) is 7.94. The molecule has 3 rings (SSSR count). The first-order valence-corrected chi connectivity index (χ1v) is 10.2. The van der Waals surface area contributed by atoms with Crippen molar-refractivity contribution < 1.29 is 31.1 Å². The Morgan fingerprint density at radius 1 is 1.10 bits per heavy atom. The zero-order valence-electron chi connectivity index (χ0n) is 15.4. The number of sulfonamides is 1. The quantitative estimate of drug-likeness (QED) is 0.767. The van der Waals surface area contributed by atoms with Crippen molar-refractivity contribution in [3.63, 3.8) is 0 Å². The molecule has 0 unspecified atom stereocenters. The molecule has 0 saturated carbocycles. The number of rotatable bonds is 5. The minimum absolute atomic E-state index is 0.0367. The molecule has 1 amide bonds. The Bertz CT molecular complexity index is 1010. The summed E-state index contributed by atoms with van der Waals surface area (Å²) in [6.45, 7) is 0. The Morgan fingerprint density at radius 3 is 2.41 bits per heavy atom. The molecule has 0 fully saturated rings. The summed E-state index contributed by atoms with van der Waals surface area (Å²) in [4.78, 5) is 11.3. The van der Waals surface area contributed by atoms with Gasteiger partial charge < -0.3 is 10.1 Å². The van der Waals surface area contributed by atoms with Gasteiger partial charge in [0.1, 0.15) is 5.75 Å². The first kappa shape index (κ1) is 21.0. The number of fused-ring (bicyclic) bond motifs is 1. The van der Waals surface area contributed by atoms with E-state index in [2.05, 4.69) is 4.72 Å². The third-order valence-corrected chi connectivity index (χ3v) is 6.13. The predicted molar refractivity (Wildman–Crippen MR) is 100 cm³/mol. The SMILES string of the molecule is COc1ccc(S(=O)(=O)Nc2ccccc2)c2c1C[C@@H](NC(=O)C(F)(F)F)CC2. The summed E-state index contributed by atoms with van der Waals surface area (Å²) in [5.74, 6) is -1.65. The second-order valence-corrected chi connectivity index (χ2v) is 8.26. The van der Waals surface area contributed by atoms with Crippen LogP contribution in [-0.2, 0) is 27.7 Å². The monoisotopic (exact) mass is 428 g/mol. The van der Waals surface area contributed by atoms with Gasteiger partial charge in [-0.3, -0.25) is 9.52 Å². The van der Waals surface area contributed by atoms with Gasteiger partial charge in [0.05, 0.1) is 12.0 Å². The van der Waals surface area contributed by atoms with Gasteiger partial charge in [-0.25, -0.2) is 8.42 Å². The molecule has 10 heteroatoms. The summed E-state index contributed by atoms with van der Waals surface area (Å²) < 4.78 is 71.2. The van der Waals surface area contributed by atoms with Crippen LogP contribution in [-0.4, -0.2) is 33.7 Å². The van der Waals surface area contributed by atoms with E-state index in [1.807, 2.05) is 5.32 Å². The zero-order chi connectivity index (χ0) is 21.2. The Morgan fingerprint density at radius 2 is 1.79 bits per heavy atom. The van der Waals surface area contributed by atoms with Gasteiger partial charge >= 0.3 is 12.1 Å². The molecule has 1 aliphatic carbocycles. The Hall–Kier alpha value is -2.75. The molecule has 0 aliphatic heterocycles. The molecule has 2 aromatic rings. The van der Waals surface area contributed by atoms with Crippen molar-refractivity contribution in [3.05, 3.63) is 53.6 Å². The van der Waals surface area contributed by atoms with Crippen LogP contribution < -0.4 is 14.8 Å². The van der Waals surface area contributed by atoms with Crippen LogP contribution in [0.4, 0.5) is 18.9 Å². The van der Waals surface area contributed by atoms with E-state index in [-0.39, 0.29) is 24.2 Å². The molecule has 1 atom stereocenters. The fourth-order valence-corrected chi connectivity index (χ4v) is 4.72. The summed E-state index contributed by atoms with van der Waals surface area (Å²) in [5.41, 5.74) is 1.34. The standard InChI is InChI=1S/C19H19F3N2O4S/c1-28-16-9-10-17(29(26,27)24-12-5-3-2-4-6-12)14-8-7-13(11-15(14)16)23-18(25)19(20,21)22/h2-6,9-10,13,24H,7-8,11H2,1H3,(H,23,25)/t13-/m0/s1. The Balaban J connectivity index is 1.92. The van der Waals surface area contributed by atoms with E-state index in [1.165, 1.54) is 19.2 Å². The summed E-state index contributed by atoms with van der Waals surface area (Å²) in [6, 6.07) is 10.5. The number of amides is 1. The van der Waals surface area contributed by atoms with E-state index in [4.69, 9.17) is 4.74 Å². The molecule has 2 N–H and O–H groups in total. The maximum Gasteiger partial charge on any atom is 0.471 e. The first-order valence-electron chi connectivity index (χ1n) is 8.76. The van der Waals surface area contributed by atoms with Gasteiger partial charge in [0.2, 0.25) is 0 Å². The van der Waals surface area contributed by atoms with E-state index in [9.17, 15) is 26.4 Å². The lowest BCUT2D eigenvalue weighted by atomic mass is 9.87. The van der Waals surface area contributed by atoms with Gasteiger partial charge in [0.25, 0.3) is 10.0 Å². The number of anilines is 1. The van der Waals surface area contributed by atoms with Crippen molar-refractivity contribution in [1.82, 2.24) is 5.32 Å². The normalized spacial score (nSPS) is 16.6. The van der Waals surface area contributed by atoms with Crippen LogP contribution in [0.1, 0.15) is 17.5 Å². The maximum absolute atomic E-state index is 12.9. The molecule has 2 aromatic carbocycles. The topological polar surface area (TPSA) is 84.5 Å². The average molecular weight is 428 g/mol. The van der Waals surface area contributed by atoms with Crippen molar-refractivity contribution in [2.45, 2.75) is 36.4 Å². The third kappa shape index (κ3) is 4.64. The van der Waals surface area contributed by atoms with E-state index < -0.39 is 28.1 Å². The highest BCUT2D eigenvalue weighted by atomic mass is 32.2. The number of benzene rings is 2. The van der Waals surface area contributed by atoms with Crippen LogP contribution >= 0.6 is 0 Å². The fourth-order valence-electron chi connectivity index (χ4n) is 3.36. The number of ether oxygens (including phenoxy) is 1. The number of carbonyl (C=O) groups is 1.